The Labute approximate surface area is 133 Å². The summed E-state index contributed by atoms with van der Waals surface area (Å²) >= 11 is 0. The highest BCUT2D eigenvalue weighted by Crippen LogP contribution is 2.37. The molecule has 0 amide bonds. The smallest absolute Gasteiger partial charge is 0.00637 e. The van der Waals surface area contributed by atoms with E-state index < -0.39 is 0 Å². The van der Waals surface area contributed by atoms with Crippen molar-refractivity contribution in [1.82, 2.24) is 0 Å². The molecule has 0 radical (unpaired) electrons. The lowest BCUT2D eigenvalue weighted by Gasteiger charge is -2.14. The molecule has 0 nitrogen and oxygen atoms in total. The fourth-order valence-electron chi connectivity index (χ4n) is 3.25. The molecule has 0 aliphatic carbocycles. The fraction of sp³-hybridized carbons (Fsp3) is 0.0476. The SMILES string of the molecule is PCc1ccc2ccccc2c1-c1cccc2ccccc12. The molecule has 22 heavy (non-hydrogen) atoms. The van der Waals surface area contributed by atoms with Gasteiger partial charge in [0.2, 0.25) is 0 Å². The van der Waals surface area contributed by atoms with Crippen molar-refractivity contribution in [2.45, 2.75) is 6.16 Å². The van der Waals surface area contributed by atoms with Gasteiger partial charge in [0.05, 0.1) is 0 Å². The molecule has 0 spiro atoms. The zero-order chi connectivity index (χ0) is 14.9. The zero-order valence-corrected chi connectivity index (χ0v) is 13.4. The monoisotopic (exact) mass is 300 g/mol. The van der Waals surface area contributed by atoms with Gasteiger partial charge in [0.25, 0.3) is 0 Å². The molecule has 0 aromatic heterocycles. The molecule has 4 aromatic rings. The lowest BCUT2D eigenvalue weighted by Crippen LogP contribution is -1.90. The van der Waals surface area contributed by atoms with Crippen molar-refractivity contribution in [3.63, 3.8) is 0 Å². The molecule has 1 heteroatoms. The van der Waals surface area contributed by atoms with E-state index in [-0.39, 0.29) is 0 Å². The normalized spacial score (nSPS) is 11.1. The molecule has 0 aliphatic rings. The molecule has 0 heterocycles. The molecule has 106 valence electrons. The second-order valence-corrected chi connectivity index (χ2v) is 5.96. The van der Waals surface area contributed by atoms with Crippen LogP contribution < -0.4 is 0 Å². The average Bonchev–Trinajstić information content (AvgIpc) is 2.60. The standard InChI is InChI=1S/C21H17P/c22-14-17-13-12-16-7-2-4-10-19(16)21(17)20-11-5-8-15-6-1-3-9-18(15)20/h1-13H,14,22H2. The maximum Gasteiger partial charge on any atom is -0.00637 e. The van der Waals surface area contributed by atoms with Crippen LogP contribution in [-0.2, 0) is 6.16 Å². The van der Waals surface area contributed by atoms with E-state index in [4.69, 9.17) is 0 Å². The summed E-state index contributed by atoms with van der Waals surface area (Å²) in [6, 6.07) is 28.4. The van der Waals surface area contributed by atoms with Gasteiger partial charge in [-0.3, -0.25) is 0 Å². The van der Waals surface area contributed by atoms with Crippen molar-refractivity contribution in [3.8, 4) is 11.1 Å². The quantitative estimate of drug-likeness (QED) is 0.396. The molecular weight excluding hydrogens is 283 g/mol. The summed E-state index contributed by atoms with van der Waals surface area (Å²) in [6.45, 7) is 0. The van der Waals surface area contributed by atoms with Gasteiger partial charge in [-0.2, -0.15) is 0 Å². The number of benzene rings is 4. The van der Waals surface area contributed by atoms with Crippen LogP contribution in [0.5, 0.6) is 0 Å². The van der Waals surface area contributed by atoms with Gasteiger partial charge in [-0.25, -0.2) is 0 Å². The van der Waals surface area contributed by atoms with E-state index in [1.165, 1.54) is 38.2 Å². The minimum Gasteiger partial charge on any atom is -0.133 e. The van der Waals surface area contributed by atoms with Gasteiger partial charge >= 0.3 is 0 Å². The third-order valence-corrected chi connectivity index (χ3v) is 4.73. The third-order valence-electron chi connectivity index (χ3n) is 4.29. The minimum absolute atomic E-state index is 0.962. The first kappa shape index (κ1) is 13.5. The van der Waals surface area contributed by atoms with Gasteiger partial charge in [-0.05, 0) is 44.4 Å². The summed E-state index contributed by atoms with van der Waals surface area (Å²) in [5, 5.41) is 5.25. The van der Waals surface area contributed by atoms with Crippen molar-refractivity contribution < 1.29 is 0 Å². The first-order valence-electron chi connectivity index (χ1n) is 7.57. The molecule has 0 aliphatic heterocycles. The van der Waals surface area contributed by atoms with E-state index in [2.05, 4.69) is 88.1 Å². The Kier molecular flexibility index (Phi) is 3.41. The van der Waals surface area contributed by atoms with Crippen molar-refractivity contribution in [1.29, 1.82) is 0 Å². The first-order chi connectivity index (χ1) is 10.9. The van der Waals surface area contributed by atoms with Crippen molar-refractivity contribution in [2.24, 2.45) is 0 Å². The molecule has 0 bridgehead atoms. The number of fused-ring (bicyclic) bond motifs is 2. The molecule has 0 saturated heterocycles. The summed E-state index contributed by atoms with van der Waals surface area (Å²) in [7, 11) is 2.87. The van der Waals surface area contributed by atoms with Gasteiger partial charge in [-0.1, -0.05) is 78.9 Å². The highest BCUT2D eigenvalue weighted by Gasteiger charge is 2.11. The molecule has 0 fully saturated rings. The Hall–Kier alpha value is -2.17. The minimum atomic E-state index is 0.962. The lowest BCUT2D eigenvalue weighted by atomic mass is 9.91. The van der Waals surface area contributed by atoms with Crippen molar-refractivity contribution >= 4 is 30.8 Å². The average molecular weight is 300 g/mol. The third kappa shape index (κ3) is 2.12. The second kappa shape index (κ2) is 5.55. The summed E-state index contributed by atoms with van der Waals surface area (Å²) < 4.78 is 0. The van der Waals surface area contributed by atoms with Gasteiger partial charge in [0.15, 0.2) is 0 Å². The Balaban J connectivity index is 2.16. The van der Waals surface area contributed by atoms with Crippen LogP contribution in [-0.4, -0.2) is 0 Å². The number of hydrogen-bond acceptors (Lipinski definition) is 0. The first-order valence-corrected chi connectivity index (χ1v) is 8.39. The van der Waals surface area contributed by atoms with E-state index in [1.54, 1.807) is 0 Å². The maximum absolute atomic E-state index is 2.87. The Morgan fingerprint density at radius 3 is 2.00 bits per heavy atom. The Morgan fingerprint density at radius 2 is 1.23 bits per heavy atom. The van der Waals surface area contributed by atoms with Crippen molar-refractivity contribution in [3.05, 3.63) is 84.4 Å². The van der Waals surface area contributed by atoms with Crippen LogP contribution >= 0.6 is 9.24 Å². The Bertz CT molecular complexity index is 964. The molecular formula is C21H17P. The van der Waals surface area contributed by atoms with Gasteiger partial charge < -0.3 is 0 Å². The summed E-state index contributed by atoms with van der Waals surface area (Å²) in [5.41, 5.74) is 4.07. The predicted molar refractivity (Wildman–Crippen MR) is 100 cm³/mol. The van der Waals surface area contributed by atoms with Gasteiger partial charge in [0.1, 0.15) is 0 Å². The molecule has 1 unspecified atom stereocenters. The summed E-state index contributed by atoms with van der Waals surface area (Å²) in [4.78, 5) is 0. The highest BCUT2D eigenvalue weighted by atomic mass is 31.0. The number of hydrogen-bond donors (Lipinski definition) is 0. The zero-order valence-electron chi connectivity index (χ0n) is 12.3. The molecule has 4 rings (SSSR count). The molecule has 1 atom stereocenters. The fourth-order valence-corrected chi connectivity index (χ4v) is 3.59. The van der Waals surface area contributed by atoms with Crippen LogP contribution in [0.2, 0.25) is 0 Å². The maximum atomic E-state index is 2.87. The summed E-state index contributed by atoms with van der Waals surface area (Å²) in [5.74, 6) is 0. The van der Waals surface area contributed by atoms with Crippen LogP contribution in [0, 0.1) is 0 Å². The molecule has 0 N–H and O–H groups in total. The largest absolute Gasteiger partial charge is 0.133 e. The van der Waals surface area contributed by atoms with Crippen LogP contribution in [0.15, 0.2) is 78.9 Å². The van der Waals surface area contributed by atoms with E-state index >= 15 is 0 Å². The predicted octanol–water partition coefficient (Wildman–Crippen LogP) is 6.04. The van der Waals surface area contributed by atoms with Crippen LogP contribution in [0.1, 0.15) is 5.56 Å². The van der Waals surface area contributed by atoms with Gasteiger partial charge in [-0.15, -0.1) is 9.24 Å². The van der Waals surface area contributed by atoms with Crippen LogP contribution in [0.25, 0.3) is 32.7 Å². The van der Waals surface area contributed by atoms with Crippen LogP contribution in [0.4, 0.5) is 0 Å². The van der Waals surface area contributed by atoms with E-state index in [1.807, 2.05) is 0 Å². The Morgan fingerprint density at radius 1 is 0.591 bits per heavy atom. The van der Waals surface area contributed by atoms with Gasteiger partial charge in [0, 0.05) is 0 Å². The highest BCUT2D eigenvalue weighted by molar-refractivity contribution is 7.15. The second-order valence-electron chi connectivity index (χ2n) is 5.55. The van der Waals surface area contributed by atoms with E-state index in [0.717, 1.165) is 6.16 Å². The van der Waals surface area contributed by atoms with E-state index in [9.17, 15) is 0 Å². The number of rotatable bonds is 2. The van der Waals surface area contributed by atoms with E-state index in [0.29, 0.717) is 0 Å². The topological polar surface area (TPSA) is 0 Å². The summed E-state index contributed by atoms with van der Waals surface area (Å²) in [6.07, 6.45) is 0.962. The molecule has 0 saturated carbocycles. The van der Waals surface area contributed by atoms with Crippen LogP contribution in [0.3, 0.4) is 0 Å². The van der Waals surface area contributed by atoms with Crippen molar-refractivity contribution in [2.75, 3.05) is 0 Å². The molecule has 4 aromatic carbocycles. The lowest BCUT2D eigenvalue weighted by molar-refractivity contribution is 1.44.